The third kappa shape index (κ3) is 3.02. The van der Waals surface area contributed by atoms with Crippen molar-refractivity contribution in [3.63, 3.8) is 0 Å². The molecule has 4 heteroatoms. The molecule has 0 radical (unpaired) electrons. The number of pyridine rings is 1. The molecule has 0 amide bonds. The van der Waals surface area contributed by atoms with Crippen LogP contribution in [-0.4, -0.2) is 12.1 Å². The van der Waals surface area contributed by atoms with Crippen molar-refractivity contribution in [2.75, 3.05) is 12.8 Å². The zero-order valence-electron chi connectivity index (χ0n) is 12.3. The first-order valence-electron chi connectivity index (χ1n) is 6.59. The van der Waals surface area contributed by atoms with Crippen molar-refractivity contribution >= 4 is 5.69 Å². The van der Waals surface area contributed by atoms with Gasteiger partial charge in [0.2, 0.25) is 5.88 Å². The van der Waals surface area contributed by atoms with Crippen LogP contribution in [-0.2, 0) is 0 Å². The van der Waals surface area contributed by atoms with Crippen molar-refractivity contribution in [3.8, 4) is 17.4 Å². The minimum atomic E-state index is 0.325. The van der Waals surface area contributed by atoms with Gasteiger partial charge in [0.1, 0.15) is 11.5 Å². The number of ether oxygens (including phenoxy) is 2. The molecule has 0 bridgehead atoms. The molecule has 1 aromatic heterocycles. The lowest BCUT2D eigenvalue weighted by Gasteiger charge is -2.15. The Morgan fingerprint density at radius 2 is 1.95 bits per heavy atom. The number of nitrogens with two attached hydrogens (primary N) is 1. The van der Waals surface area contributed by atoms with Crippen LogP contribution < -0.4 is 15.2 Å². The minimum Gasteiger partial charge on any atom is -0.495 e. The van der Waals surface area contributed by atoms with Gasteiger partial charge in [-0.15, -0.1) is 0 Å². The predicted molar refractivity (Wildman–Crippen MR) is 80.5 cm³/mol. The van der Waals surface area contributed by atoms with Gasteiger partial charge < -0.3 is 15.2 Å². The summed E-state index contributed by atoms with van der Waals surface area (Å²) in [5.74, 6) is 2.36. The Morgan fingerprint density at radius 3 is 2.50 bits per heavy atom. The van der Waals surface area contributed by atoms with Crippen LogP contribution in [0.25, 0.3) is 0 Å². The van der Waals surface area contributed by atoms with Gasteiger partial charge in [-0.2, -0.15) is 0 Å². The number of anilines is 1. The van der Waals surface area contributed by atoms with Crippen molar-refractivity contribution in [2.45, 2.75) is 26.7 Å². The first-order valence-corrected chi connectivity index (χ1v) is 6.59. The molecule has 0 saturated carbocycles. The lowest BCUT2D eigenvalue weighted by atomic mass is 9.99. The Balaban J connectivity index is 2.33. The molecule has 0 aliphatic carbocycles. The average molecular weight is 272 g/mol. The zero-order chi connectivity index (χ0) is 14.7. The molecule has 4 nitrogen and oxygen atoms in total. The van der Waals surface area contributed by atoms with E-state index in [9.17, 15) is 0 Å². The number of methoxy groups -OCH3 is 1. The summed E-state index contributed by atoms with van der Waals surface area (Å²) < 4.78 is 11.0. The summed E-state index contributed by atoms with van der Waals surface area (Å²) in [5.41, 5.74) is 8.82. The number of aryl methyl sites for hydroxylation is 1. The van der Waals surface area contributed by atoms with E-state index in [0.717, 1.165) is 22.6 Å². The van der Waals surface area contributed by atoms with E-state index >= 15 is 0 Å². The van der Waals surface area contributed by atoms with Crippen LogP contribution in [0, 0.1) is 6.92 Å². The molecular weight excluding hydrogens is 252 g/mol. The molecule has 1 aromatic carbocycles. The molecular formula is C16H20N2O2. The maximum Gasteiger partial charge on any atom is 0.219 e. The molecule has 1 heterocycles. The number of rotatable bonds is 4. The quantitative estimate of drug-likeness (QED) is 0.858. The van der Waals surface area contributed by atoms with E-state index in [-0.39, 0.29) is 0 Å². The van der Waals surface area contributed by atoms with E-state index in [2.05, 4.69) is 18.8 Å². The van der Waals surface area contributed by atoms with Gasteiger partial charge in [0.05, 0.1) is 13.3 Å². The van der Waals surface area contributed by atoms with Gasteiger partial charge in [0.25, 0.3) is 0 Å². The highest BCUT2D eigenvalue weighted by Crippen LogP contribution is 2.33. The standard InChI is InChI=1S/C16H20N2O2/c1-10(2)13-8-14(17)11(3)7-15(13)20-16-6-5-12(19-4)9-18-16/h5-10H,17H2,1-4H3. The summed E-state index contributed by atoms with van der Waals surface area (Å²) in [5, 5.41) is 0. The van der Waals surface area contributed by atoms with Crippen LogP contribution in [0.15, 0.2) is 30.5 Å². The van der Waals surface area contributed by atoms with Gasteiger partial charge in [-0.25, -0.2) is 4.98 Å². The van der Waals surface area contributed by atoms with E-state index in [4.69, 9.17) is 15.2 Å². The third-order valence-corrected chi connectivity index (χ3v) is 3.18. The highest BCUT2D eigenvalue weighted by atomic mass is 16.5. The van der Waals surface area contributed by atoms with Crippen LogP contribution in [0.2, 0.25) is 0 Å². The van der Waals surface area contributed by atoms with E-state index < -0.39 is 0 Å². The second kappa shape index (κ2) is 5.82. The average Bonchev–Trinajstić information content (AvgIpc) is 2.43. The summed E-state index contributed by atoms with van der Waals surface area (Å²) in [6.45, 7) is 6.19. The second-order valence-electron chi connectivity index (χ2n) is 5.04. The Labute approximate surface area is 119 Å². The van der Waals surface area contributed by atoms with Gasteiger partial charge in [-0.05, 0) is 42.2 Å². The highest BCUT2D eigenvalue weighted by molar-refractivity contribution is 5.55. The minimum absolute atomic E-state index is 0.325. The predicted octanol–water partition coefficient (Wildman–Crippen LogP) is 3.90. The first kappa shape index (κ1) is 14.2. The largest absolute Gasteiger partial charge is 0.495 e. The lowest BCUT2D eigenvalue weighted by molar-refractivity contribution is 0.407. The van der Waals surface area contributed by atoms with Crippen LogP contribution >= 0.6 is 0 Å². The molecule has 0 atom stereocenters. The maximum atomic E-state index is 5.97. The van der Waals surface area contributed by atoms with Crippen LogP contribution in [0.3, 0.4) is 0 Å². The topological polar surface area (TPSA) is 57.4 Å². The van der Waals surface area contributed by atoms with Gasteiger partial charge >= 0.3 is 0 Å². The Bertz CT molecular complexity index is 592. The smallest absolute Gasteiger partial charge is 0.219 e. The normalized spacial score (nSPS) is 10.7. The van der Waals surface area contributed by atoms with Crippen molar-refractivity contribution in [2.24, 2.45) is 0 Å². The zero-order valence-corrected chi connectivity index (χ0v) is 12.3. The maximum absolute atomic E-state index is 5.97. The van der Waals surface area contributed by atoms with E-state index in [1.54, 1.807) is 19.4 Å². The molecule has 0 fully saturated rings. The summed E-state index contributed by atoms with van der Waals surface area (Å²) >= 11 is 0. The fraction of sp³-hybridized carbons (Fsp3) is 0.312. The number of nitrogen functional groups attached to an aromatic ring is 1. The fourth-order valence-electron chi connectivity index (χ4n) is 1.92. The third-order valence-electron chi connectivity index (χ3n) is 3.18. The SMILES string of the molecule is COc1ccc(Oc2cc(C)c(N)cc2C(C)C)nc1. The highest BCUT2D eigenvalue weighted by Gasteiger charge is 2.12. The molecule has 20 heavy (non-hydrogen) atoms. The van der Waals surface area contributed by atoms with Gasteiger partial charge in [-0.3, -0.25) is 0 Å². The number of benzene rings is 1. The molecule has 2 aromatic rings. The summed E-state index contributed by atoms with van der Waals surface area (Å²) in [6.07, 6.45) is 1.63. The van der Waals surface area contributed by atoms with Crippen molar-refractivity contribution in [3.05, 3.63) is 41.6 Å². The summed E-state index contributed by atoms with van der Waals surface area (Å²) in [6, 6.07) is 7.53. The van der Waals surface area contributed by atoms with Gasteiger partial charge in [0, 0.05) is 11.8 Å². The molecule has 0 aliphatic rings. The number of aromatic nitrogens is 1. The first-order chi connectivity index (χ1) is 9.51. The number of hydrogen-bond donors (Lipinski definition) is 1. The number of hydrogen-bond acceptors (Lipinski definition) is 4. The Kier molecular flexibility index (Phi) is 4.13. The van der Waals surface area contributed by atoms with Crippen molar-refractivity contribution in [1.82, 2.24) is 4.98 Å². The Hall–Kier alpha value is -2.23. The fourth-order valence-corrected chi connectivity index (χ4v) is 1.92. The molecule has 0 unspecified atom stereocenters. The molecule has 0 aliphatic heterocycles. The van der Waals surface area contributed by atoms with Crippen molar-refractivity contribution < 1.29 is 9.47 Å². The van der Waals surface area contributed by atoms with E-state index in [1.165, 1.54) is 0 Å². The molecule has 2 rings (SSSR count). The van der Waals surface area contributed by atoms with Gasteiger partial charge in [-0.1, -0.05) is 13.8 Å². The molecule has 2 N–H and O–H groups in total. The summed E-state index contributed by atoms with van der Waals surface area (Å²) in [7, 11) is 1.61. The number of nitrogens with zero attached hydrogens (tertiary/aromatic N) is 1. The molecule has 0 saturated heterocycles. The monoisotopic (exact) mass is 272 g/mol. The van der Waals surface area contributed by atoms with E-state index in [1.807, 2.05) is 25.1 Å². The molecule has 106 valence electrons. The lowest BCUT2D eigenvalue weighted by Crippen LogP contribution is -1.99. The second-order valence-corrected chi connectivity index (χ2v) is 5.04. The van der Waals surface area contributed by atoms with Crippen LogP contribution in [0.1, 0.15) is 30.9 Å². The summed E-state index contributed by atoms with van der Waals surface area (Å²) in [4.78, 5) is 4.22. The van der Waals surface area contributed by atoms with Crippen LogP contribution in [0.4, 0.5) is 5.69 Å². The Morgan fingerprint density at radius 1 is 1.20 bits per heavy atom. The van der Waals surface area contributed by atoms with Crippen LogP contribution in [0.5, 0.6) is 17.4 Å². The van der Waals surface area contributed by atoms with Gasteiger partial charge in [0.15, 0.2) is 0 Å². The van der Waals surface area contributed by atoms with Crippen molar-refractivity contribution in [1.29, 1.82) is 0 Å². The van der Waals surface area contributed by atoms with E-state index in [0.29, 0.717) is 17.5 Å². The molecule has 0 spiro atoms.